The third kappa shape index (κ3) is 2.26. The Balaban J connectivity index is 3.03. The molecule has 0 bridgehead atoms. The standard InChI is InChI=1S/C10H12BrNO2/c1-3-12-10(13)7-5-4-6-8(14-2)9(7)11/h4-6H,3H2,1-2H3,(H,12,13). The van der Waals surface area contributed by atoms with E-state index in [1.54, 1.807) is 25.3 Å². The third-order valence-corrected chi connectivity index (χ3v) is 2.58. The predicted molar refractivity (Wildman–Crippen MR) is 58.7 cm³/mol. The van der Waals surface area contributed by atoms with Gasteiger partial charge >= 0.3 is 0 Å². The van der Waals surface area contributed by atoms with Crippen molar-refractivity contribution in [1.82, 2.24) is 5.32 Å². The van der Waals surface area contributed by atoms with E-state index in [0.29, 0.717) is 22.3 Å². The van der Waals surface area contributed by atoms with Gasteiger partial charge in [0.25, 0.3) is 5.91 Å². The van der Waals surface area contributed by atoms with E-state index in [1.807, 2.05) is 6.92 Å². The molecular weight excluding hydrogens is 246 g/mol. The fourth-order valence-electron chi connectivity index (χ4n) is 1.10. The van der Waals surface area contributed by atoms with Crippen LogP contribution in [-0.4, -0.2) is 19.6 Å². The number of amides is 1. The second-order valence-corrected chi connectivity index (χ2v) is 3.47. The van der Waals surface area contributed by atoms with Gasteiger partial charge in [0, 0.05) is 6.54 Å². The molecule has 0 spiro atoms. The molecule has 0 radical (unpaired) electrons. The van der Waals surface area contributed by atoms with Gasteiger partial charge in [0.05, 0.1) is 17.1 Å². The first-order valence-corrected chi connectivity index (χ1v) is 5.10. The first-order valence-electron chi connectivity index (χ1n) is 4.31. The van der Waals surface area contributed by atoms with Crippen molar-refractivity contribution >= 4 is 21.8 Å². The summed E-state index contributed by atoms with van der Waals surface area (Å²) in [5, 5.41) is 2.73. The summed E-state index contributed by atoms with van der Waals surface area (Å²) in [6, 6.07) is 5.33. The van der Waals surface area contributed by atoms with Crippen molar-refractivity contribution in [3.63, 3.8) is 0 Å². The van der Waals surface area contributed by atoms with Crippen molar-refractivity contribution in [2.45, 2.75) is 6.92 Å². The molecule has 76 valence electrons. The van der Waals surface area contributed by atoms with E-state index in [4.69, 9.17) is 4.74 Å². The Kier molecular flexibility index (Phi) is 3.95. The van der Waals surface area contributed by atoms with Crippen LogP contribution in [0.2, 0.25) is 0 Å². The highest BCUT2D eigenvalue weighted by Gasteiger charge is 2.11. The second kappa shape index (κ2) is 5.00. The smallest absolute Gasteiger partial charge is 0.252 e. The van der Waals surface area contributed by atoms with E-state index in [-0.39, 0.29) is 5.91 Å². The van der Waals surface area contributed by atoms with Crippen LogP contribution in [-0.2, 0) is 0 Å². The van der Waals surface area contributed by atoms with Gasteiger partial charge in [0.15, 0.2) is 0 Å². The molecule has 1 aromatic rings. The predicted octanol–water partition coefficient (Wildman–Crippen LogP) is 2.21. The van der Waals surface area contributed by atoms with Crippen molar-refractivity contribution < 1.29 is 9.53 Å². The number of carbonyl (C=O) groups is 1. The van der Waals surface area contributed by atoms with Gasteiger partial charge < -0.3 is 10.1 Å². The SMILES string of the molecule is CCNC(=O)c1cccc(OC)c1Br. The molecule has 0 saturated heterocycles. The van der Waals surface area contributed by atoms with Crippen LogP contribution in [0.25, 0.3) is 0 Å². The van der Waals surface area contributed by atoms with Crippen LogP contribution in [0.15, 0.2) is 22.7 Å². The van der Waals surface area contributed by atoms with E-state index in [0.717, 1.165) is 0 Å². The molecule has 0 aromatic heterocycles. The lowest BCUT2D eigenvalue weighted by molar-refractivity contribution is 0.0954. The average molecular weight is 258 g/mol. The molecule has 0 aliphatic rings. The topological polar surface area (TPSA) is 38.3 Å². The van der Waals surface area contributed by atoms with Crippen molar-refractivity contribution in [2.75, 3.05) is 13.7 Å². The van der Waals surface area contributed by atoms with Gasteiger partial charge in [-0.1, -0.05) is 6.07 Å². The minimum absolute atomic E-state index is 0.0988. The number of benzene rings is 1. The van der Waals surface area contributed by atoms with Gasteiger partial charge in [0.2, 0.25) is 0 Å². The van der Waals surface area contributed by atoms with Crippen LogP contribution in [0.4, 0.5) is 0 Å². The summed E-state index contributed by atoms with van der Waals surface area (Å²) in [6.07, 6.45) is 0. The Morgan fingerprint density at radius 1 is 1.57 bits per heavy atom. The Morgan fingerprint density at radius 3 is 2.86 bits per heavy atom. The molecule has 0 unspecified atom stereocenters. The van der Waals surface area contributed by atoms with Crippen molar-refractivity contribution in [1.29, 1.82) is 0 Å². The van der Waals surface area contributed by atoms with Crippen LogP contribution in [0.1, 0.15) is 17.3 Å². The quantitative estimate of drug-likeness (QED) is 0.902. The summed E-state index contributed by atoms with van der Waals surface area (Å²) >= 11 is 3.33. The number of nitrogens with one attached hydrogen (secondary N) is 1. The van der Waals surface area contributed by atoms with Crippen LogP contribution < -0.4 is 10.1 Å². The van der Waals surface area contributed by atoms with Gasteiger partial charge in [-0.3, -0.25) is 4.79 Å². The highest BCUT2D eigenvalue weighted by atomic mass is 79.9. The summed E-state index contributed by atoms with van der Waals surface area (Å²) in [5.74, 6) is 0.562. The lowest BCUT2D eigenvalue weighted by Gasteiger charge is -2.08. The number of hydrogen-bond donors (Lipinski definition) is 1. The fourth-order valence-corrected chi connectivity index (χ4v) is 1.71. The molecule has 1 N–H and O–H groups in total. The molecule has 1 rings (SSSR count). The molecule has 4 heteroatoms. The van der Waals surface area contributed by atoms with Crippen LogP contribution in [0.3, 0.4) is 0 Å². The van der Waals surface area contributed by atoms with Gasteiger partial charge in [-0.05, 0) is 35.0 Å². The number of ether oxygens (including phenoxy) is 1. The summed E-state index contributed by atoms with van der Waals surface area (Å²) in [6.45, 7) is 2.49. The maximum absolute atomic E-state index is 11.5. The molecule has 0 aliphatic heterocycles. The maximum Gasteiger partial charge on any atom is 0.252 e. The lowest BCUT2D eigenvalue weighted by Crippen LogP contribution is -2.23. The highest BCUT2D eigenvalue weighted by molar-refractivity contribution is 9.10. The molecule has 0 atom stereocenters. The Labute approximate surface area is 91.6 Å². The molecule has 3 nitrogen and oxygen atoms in total. The Morgan fingerprint density at radius 2 is 2.29 bits per heavy atom. The molecule has 1 aromatic carbocycles. The zero-order chi connectivity index (χ0) is 10.6. The van der Waals surface area contributed by atoms with Gasteiger partial charge in [-0.2, -0.15) is 0 Å². The van der Waals surface area contributed by atoms with Crippen LogP contribution in [0, 0.1) is 0 Å². The minimum atomic E-state index is -0.0988. The molecule has 0 saturated carbocycles. The maximum atomic E-state index is 11.5. The molecule has 14 heavy (non-hydrogen) atoms. The fraction of sp³-hybridized carbons (Fsp3) is 0.300. The van der Waals surface area contributed by atoms with E-state index in [1.165, 1.54) is 0 Å². The number of halogens is 1. The Hall–Kier alpha value is -1.03. The molecule has 0 fully saturated rings. The summed E-state index contributed by atoms with van der Waals surface area (Å²) < 4.78 is 5.78. The monoisotopic (exact) mass is 257 g/mol. The lowest BCUT2D eigenvalue weighted by atomic mass is 10.2. The third-order valence-electron chi connectivity index (χ3n) is 1.77. The van der Waals surface area contributed by atoms with Crippen molar-refractivity contribution in [3.8, 4) is 5.75 Å². The molecule has 0 heterocycles. The largest absolute Gasteiger partial charge is 0.496 e. The Bertz CT molecular complexity index is 339. The number of methoxy groups -OCH3 is 1. The average Bonchev–Trinajstić information content (AvgIpc) is 2.18. The van der Waals surface area contributed by atoms with E-state index in [2.05, 4.69) is 21.2 Å². The van der Waals surface area contributed by atoms with Gasteiger partial charge in [-0.25, -0.2) is 0 Å². The summed E-state index contributed by atoms with van der Waals surface area (Å²) in [7, 11) is 1.57. The summed E-state index contributed by atoms with van der Waals surface area (Å²) in [5.41, 5.74) is 0.589. The second-order valence-electron chi connectivity index (χ2n) is 2.68. The number of carbonyl (C=O) groups excluding carboxylic acids is 1. The van der Waals surface area contributed by atoms with Gasteiger partial charge in [0.1, 0.15) is 5.75 Å². The van der Waals surface area contributed by atoms with Crippen molar-refractivity contribution in [2.24, 2.45) is 0 Å². The zero-order valence-electron chi connectivity index (χ0n) is 8.13. The van der Waals surface area contributed by atoms with Gasteiger partial charge in [-0.15, -0.1) is 0 Å². The zero-order valence-corrected chi connectivity index (χ0v) is 9.72. The van der Waals surface area contributed by atoms with E-state index < -0.39 is 0 Å². The summed E-state index contributed by atoms with van der Waals surface area (Å²) in [4.78, 5) is 11.5. The highest BCUT2D eigenvalue weighted by Crippen LogP contribution is 2.27. The molecular formula is C10H12BrNO2. The number of hydrogen-bond acceptors (Lipinski definition) is 2. The normalized spacial score (nSPS) is 9.64. The first-order chi connectivity index (χ1) is 6.70. The van der Waals surface area contributed by atoms with Crippen LogP contribution in [0.5, 0.6) is 5.75 Å². The number of rotatable bonds is 3. The first kappa shape index (κ1) is 11.0. The van der Waals surface area contributed by atoms with E-state index in [9.17, 15) is 4.79 Å². The minimum Gasteiger partial charge on any atom is -0.496 e. The van der Waals surface area contributed by atoms with E-state index >= 15 is 0 Å². The molecule has 1 amide bonds. The molecule has 0 aliphatic carbocycles. The van der Waals surface area contributed by atoms with Crippen LogP contribution >= 0.6 is 15.9 Å². The van der Waals surface area contributed by atoms with Crippen molar-refractivity contribution in [3.05, 3.63) is 28.2 Å².